The SMILES string of the molecule is CC(C)CC(N)C(=O)NC(C(=O)NCC(=O)NC(CC(C)C)C(=O)O)C(C)C. The quantitative estimate of drug-likeness (QED) is 0.316. The van der Waals surface area contributed by atoms with Gasteiger partial charge in [-0.3, -0.25) is 14.4 Å². The lowest BCUT2D eigenvalue weighted by molar-refractivity contribution is -0.142. The summed E-state index contributed by atoms with van der Waals surface area (Å²) in [4.78, 5) is 47.8. The summed E-state index contributed by atoms with van der Waals surface area (Å²) in [6.45, 7) is 10.7. The van der Waals surface area contributed by atoms with Crippen molar-refractivity contribution >= 4 is 23.7 Å². The van der Waals surface area contributed by atoms with Crippen LogP contribution in [0.2, 0.25) is 0 Å². The Bertz CT molecular complexity index is 548. The third-order valence-corrected chi connectivity index (χ3v) is 4.07. The number of carboxylic acid groups (broad SMARTS) is 1. The van der Waals surface area contributed by atoms with E-state index in [1.54, 1.807) is 13.8 Å². The fourth-order valence-corrected chi connectivity index (χ4v) is 2.63. The Balaban J connectivity index is 4.74. The van der Waals surface area contributed by atoms with Gasteiger partial charge in [0.1, 0.15) is 12.1 Å². The molecule has 0 bridgehead atoms. The molecule has 3 amide bonds. The number of aliphatic carboxylic acids is 1. The molecule has 3 atom stereocenters. The fraction of sp³-hybridized carbons (Fsp3) is 0.789. The molecule has 0 heterocycles. The molecule has 28 heavy (non-hydrogen) atoms. The number of carbonyl (C=O) groups excluding carboxylic acids is 3. The van der Waals surface area contributed by atoms with Crippen molar-refractivity contribution < 1.29 is 24.3 Å². The lowest BCUT2D eigenvalue weighted by Gasteiger charge is -2.24. The maximum atomic E-state index is 12.4. The van der Waals surface area contributed by atoms with E-state index in [4.69, 9.17) is 10.8 Å². The minimum Gasteiger partial charge on any atom is -0.480 e. The third kappa shape index (κ3) is 10.2. The zero-order chi connectivity index (χ0) is 22.0. The Morgan fingerprint density at radius 1 is 0.857 bits per heavy atom. The maximum absolute atomic E-state index is 12.4. The molecule has 6 N–H and O–H groups in total. The van der Waals surface area contributed by atoms with Crippen LogP contribution in [0, 0.1) is 17.8 Å². The molecule has 0 aromatic rings. The highest BCUT2D eigenvalue weighted by molar-refractivity contribution is 5.92. The van der Waals surface area contributed by atoms with Gasteiger partial charge in [-0.2, -0.15) is 0 Å². The number of hydrogen-bond donors (Lipinski definition) is 5. The Morgan fingerprint density at radius 2 is 1.39 bits per heavy atom. The molecule has 9 nitrogen and oxygen atoms in total. The van der Waals surface area contributed by atoms with Crippen LogP contribution in [-0.4, -0.2) is 53.5 Å². The summed E-state index contributed by atoms with van der Waals surface area (Å²) in [7, 11) is 0. The second kappa shape index (κ2) is 12.3. The molecule has 0 aliphatic rings. The summed E-state index contributed by atoms with van der Waals surface area (Å²) >= 11 is 0. The second-order valence-electron chi connectivity index (χ2n) is 8.27. The molecule has 0 aliphatic heterocycles. The smallest absolute Gasteiger partial charge is 0.326 e. The summed E-state index contributed by atoms with van der Waals surface area (Å²) < 4.78 is 0. The molecule has 0 fully saturated rings. The van der Waals surface area contributed by atoms with Gasteiger partial charge >= 0.3 is 5.97 Å². The minimum absolute atomic E-state index is 0.0894. The number of carboxylic acids is 1. The number of amides is 3. The molecule has 0 aliphatic carbocycles. The lowest BCUT2D eigenvalue weighted by atomic mass is 10.0. The van der Waals surface area contributed by atoms with Gasteiger partial charge in [-0.15, -0.1) is 0 Å². The first-order valence-corrected chi connectivity index (χ1v) is 9.70. The van der Waals surface area contributed by atoms with Crippen LogP contribution in [0.4, 0.5) is 0 Å². The van der Waals surface area contributed by atoms with Crippen LogP contribution in [0.25, 0.3) is 0 Å². The molecule has 9 heteroatoms. The van der Waals surface area contributed by atoms with Gasteiger partial charge < -0.3 is 26.8 Å². The number of rotatable bonds is 12. The molecular formula is C19H36N4O5. The average molecular weight is 401 g/mol. The largest absolute Gasteiger partial charge is 0.480 e. The monoisotopic (exact) mass is 400 g/mol. The van der Waals surface area contributed by atoms with Crippen LogP contribution in [-0.2, 0) is 19.2 Å². The maximum Gasteiger partial charge on any atom is 0.326 e. The molecule has 0 saturated carbocycles. The van der Waals surface area contributed by atoms with Crippen LogP contribution in [0.5, 0.6) is 0 Å². The molecule has 0 spiro atoms. The molecule has 0 saturated heterocycles. The van der Waals surface area contributed by atoms with E-state index in [-0.39, 0.29) is 30.7 Å². The number of nitrogens with one attached hydrogen (secondary N) is 3. The average Bonchev–Trinajstić information content (AvgIpc) is 2.55. The number of carbonyl (C=O) groups is 4. The molecular weight excluding hydrogens is 364 g/mol. The van der Waals surface area contributed by atoms with E-state index in [0.29, 0.717) is 6.42 Å². The predicted molar refractivity (Wildman–Crippen MR) is 106 cm³/mol. The van der Waals surface area contributed by atoms with Crippen LogP contribution < -0.4 is 21.7 Å². The Labute approximate surface area is 167 Å². The van der Waals surface area contributed by atoms with E-state index in [2.05, 4.69) is 16.0 Å². The van der Waals surface area contributed by atoms with Crippen molar-refractivity contribution in [2.45, 2.75) is 72.5 Å². The summed E-state index contributed by atoms with van der Waals surface area (Å²) in [5, 5.41) is 16.6. The first-order valence-electron chi connectivity index (χ1n) is 9.70. The van der Waals surface area contributed by atoms with E-state index in [0.717, 1.165) is 0 Å². The molecule has 3 unspecified atom stereocenters. The van der Waals surface area contributed by atoms with E-state index >= 15 is 0 Å². The summed E-state index contributed by atoms with van der Waals surface area (Å²) in [6, 6.07) is -2.58. The normalized spacial score (nSPS) is 14.5. The summed E-state index contributed by atoms with van der Waals surface area (Å²) in [5.41, 5.74) is 5.85. The van der Waals surface area contributed by atoms with Gasteiger partial charge in [0.15, 0.2) is 0 Å². The van der Waals surface area contributed by atoms with Gasteiger partial charge in [0.05, 0.1) is 12.6 Å². The fourth-order valence-electron chi connectivity index (χ4n) is 2.63. The zero-order valence-corrected chi connectivity index (χ0v) is 17.7. The zero-order valence-electron chi connectivity index (χ0n) is 17.7. The number of nitrogens with two attached hydrogens (primary N) is 1. The van der Waals surface area contributed by atoms with Crippen LogP contribution in [0.15, 0.2) is 0 Å². The van der Waals surface area contributed by atoms with E-state index < -0.39 is 41.8 Å². The topological polar surface area (TPSA) is 151 Å². The molecule has 0 aromatic carbocycles. The Morgan fingerprint density at radius 3 is 1.82 bits per heavy atom. The number of hydrogen-bond acceptors (Lipinski definition) is 5. The van der Waals surface area contributed by atoms with Gasteiger partial charge in [-0.1, -0.05) is 41.5 Å². The molecule has 162 valence electrons. The van der Waals surface area contributed by atoms with Crippen molar-refractivity contribution in [2.75, 3.05) is 6.54 Å². The van der Waals surface area contributed by atoms with Gasteiger partial charge in [0.25, 0.3) is 0 Å². The molecule has 0 aromatic heterocycles. The van der Waals surface area contributed by atoms with E-state index in [1.165, 1.54) is 0 Å². The van der Waals surface area contributed by atoms with Crippen LogP contribution >= 0.6 is 0 Å². The first kappa shape index (κ1) is 25.8. The summed E-state index contributed by atoms with van der Waals surface area (Å²) in [5.74, 6) is -2.56. The van der Waals surface area contributed by atoms with E-state index in [9.17, 15) is 19.2 Å². The highest BCUT2D eigenvalue weighted by Gasteiger charge is 2.27. The van der Waals surface area contributed by atoms with Crippen molar-refractivity contribution in [3.8, 4) is 0 Å². The van der Waals surface area contributed by atoms with Crippen molar-refractivity contribution in [1.29, 1.82) is 0 Å². The van der Waals surface area contributed by atoms with Gasteiger partial charge in [-0.25, -0.2) is 4.79 Å². The Hall–Kier alpha value is -2.16. The van der Waals surface area contributed by atoms with Gasteiger partial charge in [0.2, 0.25) is 17.7 Å². The highest BCUT2D eigenvalue weighted by atomic mass is 16.4. The standard InChI is InChI=1S/C19H36N4O5/c1-10(2)7-13(20)17(25)23-16(12(5)6)18(26)21-9-15(24)22-14(19(27)28)8-11(3)4/h10-14,16H,7-9,20H2,1-6H3,(H,21,26)(H,22,24)(H,23,25)(H,27,28). The Kier molecular flexibility index (Phi) is 11.4. The molecule has 0 radical (unpaired) electrons. The van der Waals surface area contributed by atoms with E-state index in [1.807, 2.05) is 27.7 Å². The van der Waals surface area contributed by atoms with Gasteiger partial charge in [-0.05, 0) is 30.6 Å². The summed E-state index contributed by atoms with van der Waals surface area (Å²) in [6.07, 6.45) is 0.778. The van der Waals surface area contributed by atoms with Crippen LogP contribution in [0.3, 0.4) is 0 Å². The van der Waals surface area contributed by atoms with Crippen LogP contribution in [0.1, 0.15) is 54.4 Å². The minimum atomic E-state index is -1.13. The first-order chi connectivity index (χ1) is 12.8. The highest BCUT2D eigenvalue weighted by Crippen LogP contribution is 2.07. The van der Waals surface area contributed by atoms with Crippen molar-refractivity contribution in [3.05, 3.63) is 0 Å². The molecule has 0 rings (SSSR count). The van der Waals surface area contributed by atoms with Gasteiger partial charge in [0, 0.05) is 0 Å². The lowest BCUT2D eigenvalue weighted by Crippen LogP contribution is -2.55. The second-order valence-corrected chi connectivity index (χ2v) is 8.27. The van der Waals surface area contributed by atoms with Crippen molar-refractivity contribution in [3.63, 3.8) is 0 Å². The third-order valence-electron chi connectivity index (χ3n) is 4.07. The predicted octanol–water partition coefficient (Wildman–Crippen LogP) is 0.232. The van der Waals surface area contributed by atoms with Crippen molar-refractivity contribution in [2.24, 2.45) is 23.5 Å². The van der Waals surface area contributed by atoms with Crippen molar-refractivity contribution in [1.82, 2.24) is 16.0 Å².